The fourth-order valence-corrected chi connectivity index (χ4v) is 3.61. The lowest BCUT2D eigenvalue weighted by atomic mass is 9.94. The minimum absolute atomic E-state index is 0.0216. The number of benzene rings is 2. The van der Waals surface area contributed by atoms with E-state index in [2.05, 4.69) is 5.32 Å². The Morgan fingerprint density at radius 2 is 1.94 bits per heavy atom. The van der Waals surface area contributed by atoms with Gasteiger partial charge in [0.2, 0.25) is 5.91 Å². The summed E-state index contributed by atoms with van der Waals surface area (Å²) in [6, 6.07) is 7.80. The van der Waals surface area contributed by atoms with Gasteiger partial charge in [0, 0.05) is 26.9 Å². The van der Waals surface area contributed by atoms with E-state index < -0.39 is 37.3 Å². The summed E-state index contributed by atoms with van der Waals surface area (Å²) >= 11 is 0. The summed E-state index contributed by atoms with van der Waals surface area (Å²) in [5, 5.41) is 12.0. The molecule has 0 aliphatic carbocycles. The van der Waals surface area contributed by atoms with E-state index in [0.29, 0.717) is 6.42 Å². The molecular weight excluding hydrogens is 416 g/mol. The highest BCUT2D eigenvalue weighted by atomic mass is 16.5. The maximum atomic E-state index is 13.5. The normalized spacial score (nSPS) is 22.3. The van der Waals surface area contributed by atoms with Crippen molar-refractivity contribution < 1.29 is 29.0 Å². The molecule has 0 bridgehead atoms. The number of piperidine rings is 1. The second kappa shape index (κ2) is 11.7. The molecule has 1 aliphatic heterocycles. The van der Waals surface area contributed by atoms with Gasteiger partial charge in [-0.1, -0.05) is 38.1 Å². The third kappa shape index (κ3) is 6.73. The lowest BCUT2D eigenvalue weighted by molar-refractivity contribution is -0.121. The van der Waals surface area contributed by atoms with E-state index in [1.807, 2.05) is 13.8 Å². The Morgan fingerprint density at radius 3 is 2.61 bits per heavy atom. The van der Waals surface area contributed by atoms with E-state index in [0.717, 1.165) is 17.0 Å². The SMILES string of the molecule is [2H]C([2H])(C(=O)N[C@@]([2H])(CC(C)C)c1ccccc1N1C([2H])([2H])CCCC1([2H])[2H])c1ccc(C(=O)O)c(OCC)c1. The average molecular weight is 460 g/mol. The van der Waals surface area contributed by atoms with Crippen molar-refractivity contribution in [3.05, 3.63) is 59.2 Å². The average Bonchev–Trinajstić information content (AvgIpc) is 2.82. The molecule has 3 rings (SSSR count). The molecule has 178 valence electrons. The van der Waals surface area contributed by atoms with E-state index >= 15 is 0 Å². The molecule has 2 N–H and O–H groups in total. The quantitative estimate of drug-likeness (QED) is 0.509. The Labute approximate surface area is 206 Å². The van der Waals surface area contributed by atoms with Crippen molar-refractivity contribution in [2.45, 2.75) is 58.8 Å². The maximum absolute atomic E-state index is 13.5. The van der Waals surface area contributed by atoms with E-state index in [4.69, 9.17) is 13.0 Å². The van der Waals surface area contributed by atoms with Crippen LogP contribution >= 0.6 is 0 Å². The molecule has 1 saturated heterocycles. The molecule has 33 heavy (non-hydrogen) atoms. The molecule has 1 fully saturated rings. The number of carboxylic acid groups (broad SMARTS) is 1. The van der Waals surface area contributed by atoms with Gasteiger partial charge in [0.25, 0.3) is 0 Å². The molecule has 0 spiro atoms. The van der Waals surface area contributed by atoms with Crippen LogP contribution in [0, 0.1) is 5.92 Å². The Bertz CT molecular complexity index is 1240. The zero-order valence-corrected chi connectivity index (χ0v) is 19.3. The van der Waals surface area contributed by atoms with Gasteiger partial charge in [0.15, 0.2) is 0 Å². The highest BCUT2D eigenvalue weighted by molar-refractivity contribution is 5.91. The maximum Gasteiger partial charge on any atom is 0.339 e. The van der Waals surface area contributed by atoms with Gasteiger partial charge in [0.1, 0.15) is 11.3 Å². The summed E-state index contributed by atoms with van der Waals surface area (Å²) in [5.41, 5.74) is -0.102. The number of nitrogens with one attached hydrogen (secondary N) is 1. The highest BCUT2D eigenvalue weighted by Crippen LogP contribution is 2.32. The van der Waals surface area contributed by atoms with E-state index in [9.17, 15) is 16.1 Å². The zero-order chi connectivity index (χ0) is 30.1. The minimum Gasteiger partial charge on any atom is -0.493 e. The van der Waals surface area contributed by atoms with Gasteiger partial charge >= 0.3 is 5.97 Å². The number of nitrogens with zero attached hydrogens (tertiary/aromatic N) is 1. The Hall–Kier alpha value is -3.02. The van der Waals surface area contributed by atoms with Crippen molar-refractivity contribution in [1.29, 1.82) is 0 Å². The molecule has 0 saturated carbocycles. The monoisotopic (exact) mass is 459 g/mol. The predicted octanol–water partition coefficient (Wildman–Crippen LogP) is 5.22. The topological polar surface area (TPSA) is 78.9 Å². The van der Waals surface area contributed by atoms with Gasteiger partial charge in [-0.3, -0.25) is 4.79 Å². The smallest absolute Gasteiger partial charge is 0.339 e. The number of carbonyl (C=O) groups is 2. The molecule has 2 aromatic rings. The molecule has 1 atom stereocenters. The summed E-state index contributed by atoms with van der Waals surface area (Å²) in [6.07, 6.45) is -2.17. The summed E-state index contributed by atoms with van der Waals surface area (Å²) in [4.78, 5) is 26.1. The lowest BCUT2D eigenvalue weighted by Gasteiger charge is -2.33. The number of rotatable bonds is 10. The van der Waals surface area contributed by atoms with Gasteiger partial charge in [-0.2, -0.15) is 0 Å². The predicted molar refractivity (Wildman–Crippen MR) is 131 cm³/mol. The van der Waals surface area contributed by atoms with Crippen LogP contribution in [0.25, 0.3) is 0 Å². The molecule has 0 aromatic heterocycles. The second-order valence-corrected chi connectivity index (χ2v) is 8.13. The molecule has 1 heterocycles. The minimum atomic E-state index is -2.70. The van der Waals surface area contributed by atoms with Gasteiger partial charge in [0.05, 0.1) is 20.4 Å². The zero-order valence-electron chi connectivity index (χ0n) is 26.3. The third-order valence-corrected chi connectivity index (χ3v) is 5.01. The van der Waals surface area contributed by atoms with Crippen LogP contribution in [0.5, 0.6) is 5.75 Å². The largest absolute Gasteiger partial charge is 0.493 e. The molecule has 6 heteroatoms. The molecule has 0 unspecified atom stereocenters. The summed E-state index contributed by atoms with van der Waals surface area (Å²) in [5.74, 6) is -2.68. The van der Waals surface area contributed by atoms with Crippen LogP contribution in [0.4, 0.5) is 5.69 Å². The fraction of sp³-hybridized carbons (Fsp3) is 0.481. The Kier molecular flexibility index (Phi) is 5.89. The van der Waals surface area contributed by atoms with Crippen LogP contribution in [-0.2, 0) is 11.2 Å². The number of hydrogen-bond acceptors (Lipinski definition) is 4. The number of hydrogen-bond donors (Lipinski definition) is 2. The number of aromatic carboxylic acids is 1. The van der Waals surface area contributed by atoms with Gasteiger partial charge in [-0.25, -0.2) is 4.79 Å². The number of amides is 1. The number of para-hydroxylation sites is 1. The lowest BCUT2D eigenvalue weighted by Crippen LogP contribution is -2.34. The summed E-state index contributed by atoms with van der Waals surface area (Å²) in [7, 11) is 0. The van der Waals surface area contributed by atoms with Crippen LogP contribution in [0.3, 0.4) is 0 Å². The molecule has 6 nitrogen and oxygen atoms in total. The second-order valence-electron chi connectivity index (χ2n) is 8.13. The number of anilines is 1. The van der Waals surface area contributed by atoms with E-state index in [-0.39, 0.29) is 59.9 Å². The Balaban J connectivity index is 2.09. The van der Waals surface area contributed by atoms with Gasteiger partial charge in [-0.15, -0.1) is 0 Å². The van der Waals surface area contributed by atoms with Crippen LogP contribution < -0.4 is 15.0 Å². The van der Waals surface area contributed by atoms with Crippen molar-refractivity contribution in [3.63, 3.8) is 0 Å². The summed E-state index contributed by atoms with van der Waals surface area (Å²) in [6.45, 7) is 1.30. The van der Waals surface area contributed by atoms with Crippen molar-refractivity contribution in [1.82, 2.24) is 5.32 Å². The number of ether oxygens (including phenoxy) is 1. The first-order chi connectivity index (χ1) is 18.5. The first kappa shape index (κ1) is 16.6. The molecular formula is C27H36N2O4. The van der Waals surface area contributed by atoms with Crippen LogP contribution in [0.15, 0.2) is 42.5 Å². The third-order valence-electron chi connectivity index (χ3n) is 5.01. The number of carboxylic acids is 1. The van der Waals surface area contributed by atoms with Crippen LogP contribution in [-0.4, -0.2) is 36.6 Å². The first-order valence-electron chi connectivity index (χ1n) is 14.7. The van der Waals surface area contributed by atoms with Crippen LogP contribution in [0.1, 0.15) is 83.6 Å². The standard InChI is InChI=1S/C27H36N2O4/c1-4-33-25-17-20(12-13-22(25)27(31)32)18-26(30)28-23(16-19(2)3)21-10-6-7-11-24(21)29-14-8-5-9-15-29/h6-7,10-13,17,19,23H,4-5,8-9,14-16,18H2,1-3H3,(H,28,30)(H,31,32)/t23-/m0/s1/i14D2,15D2,18D2,23D. The van der Waals surface area contributed by atoms with Crippen molar-refractivity contribution in [3.8, 4) is 5.75 Å². The van der Waals surface area contributed by atoms with E-state index in [1.165, 1.54) is 18.2 Å². The van der Waals surface area contributed by atoms with Crippen molar-refractivity contribution in [2.75, 3.05) is 24.5 Å². The molecule has 1 aliphatic rings. The molecule has 1 amide bonds. The Morgan fingerprint density at radius 1 is 1.21 bits per heavy atom. The van der Waals surface area contributed by atoms with E-state index in [1.54, 1.807) is 19.1 Å². The van der Waals surface area contributed by atoms with Gasteiger partial charge < -0.3 is 20.1 Å². The summed E-state index contributed by atoms with van der Waals surface area (Å²) < 4.78 is 66.3. The molecule has 0 radical (unpaired) electrons. The number of carbonyl (C=O) groups excluding carboxylic acids is 1. The van der Waals surface area contributed by atoms with Crippen molar-refractivity contribution >= 4 is 17.6 Å². The fourth-order valence-electron chi connectivity index (χ4n) is 3.61. The van der Waals surface area contributed by atoms with Crippen LogP contribution in [0.2, 0.25) is 0 Å². The van der Waals surface area contributed by atoms with Crippen molar-refractivity contribution in [2.24, 2.45) is 5.92 Å². The molecule has 2 aromatic carbocycles. The highest BCUT2D eigenvalue weighted by Gasteiger charge is 2.23. The first-order valence-corrected chi connectivity index (χ1v) is 11.2. The van der Waals surface area contributed by atoms with Gasteiger partial charge in [-0.05, 0) is 67.9 Å².